The first-order valence-electron chi connectivity index (χ1n) is 6.96. The second-order valence-electron chi connectivity index (χ2n) is 4.86. The summed E-state index contributed by atoms with van der Waals surface area (Å²) in [6.07, 6.45) is 0. The highest BCUT2D eigenvalue weighted by molar-refractivity contribution is 5.65. The Kier molecular flexibility index (Phi) is 3.97. The standard InChI is InChI=1S/C19H16O3/c1-21-18-6-3-7-19(13-18)22-17-10-8-14(9-11-17)15-4-2-5-16(20)12-15/h2-13,20H,1H3. The van der Waals surface area contributed by atoms with Crippen LogP contribution in [0.25, 0.3) is 11.1 Å². The van der Waals surface area contributed by atoms with Gasteiger partial charge in [0.05, 0.1) is 7.11 Å². The third-order valence-corrected chi connectivity index (χ3v) is 3.31. The molecule has 0 fully saturated rings. The maximum atomic E-state index is 9.54. The summed E-state index contributed by atoms with van der Waals surface area (Å²) in [6.45, 7) is 0. The Labute approximate surface area is 129 Å². The number of rotatable bonds is 4. The van der Waals surface area contributed by atoms with Gasteiger partial charge in [-0.15, -0.1) is 0 Å². The molecule has 0 radical (unpaired) electrons. The van der Waals surface area contributed by atoms with E-state index in [-0.39, 0.29) is 5.75 Å². The van der Waals surface area contributed by atoms with Crippen LogP contribution in [0.3, 0.4) is 0 Å². The quantitative estimate of drug-likeness (QED) is 0.746. The van der Waals surface area contributed by atoms with Gasteiger partial charge in [0.15, 0.2) is 0 Å². The molecule has 3 nitrogen and oxygen atoms in total. The highest BCUT2D eigenvalue weighted by atomic mass is 16.5. The van der Waals surface area contributed by atoms with E-state index in [0.29, 0.717) is 0 Å². The van der Waals surface area contributed by atoms with Gasteiger partial charge in [-0.3, -0.25) is 0 Å². The average molecular weight is 292 g/mol. The zero-order valence-corrected chi connectivity index (χ0v) is 12.2. The van der Waals surface area contributed by atoms with Crippen LogP contribution in [0.4, 0.5) is 0 Å². The molecule has 0 aromatic heterocycles. The van der Waals surface area contributed by atoms with Gasteiger partial charge in [-0.1, -0.05) is 30.3 Å². The van der Waals surface area contributed by atoms with Gasteiger partial charge in [0.25, 0.3) is 0 Å². The number of benzene rings is 3. The van der Waals surface area contributed by atoms with Crippen LogP contribution in [0.2, 0.25) is 0 Å². The number of phenols is 1. The van der Waals surface area contributed by atoms with Crippen molar-refractivity contribution >= 4 is 0 Å². The molecule has 0 atom stereocenters. The summed E-state index contributed by atoms with van der Waals surface area (Å²) >= 11 is 0. The largest absolute Gasteiger partial charge is 0.508 e. The molecule has 0 unspecified atom stereocenters. The molecule has 3 rings (SSSR count). The molecular formula is C19H16O3. The molecular weight excluding hydrogens is 276 g/mol. The lowest BCUT2D eigenvalue weighted by atomic mass is 10.1. The first-order valence-corrected chi connectivity index (χ1v) is 6.96. The zero-order chi connectivity index (χ0) is 15.4. The molecule has 110 valence electrons. The van der Waals surface area contributed by atoms with Crippen molar-refractivity contribution < 1.29 is 14.6 Å². The highest BCUT2D eigenvalue weighted by Gasteiger charge is 2.02. The summed E-state index contributed by atoms with van der Waals surface area (Å²) in [7, 11) is 1.63. The van der Waals surface area contributed by atoms with Crippen molar-refractivity contribution in [2.75, 3.05) is 7.11 Å². The van der Waals surface area contributed by atoms with Crippen LogP contribution in [-0.4, -0.2) is 12.2 Å². The molecule has 3 aromatic carbocycles. The maximum Gasteiger partial charge on any atom is 0.131 e. The SMILES string of the molecule is COc1cccc(Oc2ccc(-c3cccc(O)c3)cc2)c1. The molecule has 3 aromatic rings. The van der Waals surface area contributed by atoms with Crippen molar-refractivity contribution in [3.8, 4) is 34.1 Å². The molecule has 0 aliphatic heterocycles. The number of hydrogen-bond acceptors (Lipinski definition) is 3. The summed E-state index contributed by atoms with van der Waals surface area (Å²) in [5.74, 6) is 2.49. The average Bonchev–Trinajstić information content (AvgIpc) is 2.56. The van der Waals surface area contributed by atoms with Gasteiger partial charge in [-0.25, -0.2) is 0 Å². The van der Waals surface area contributed by atoms with E-state index in [0.717, 1.165) is 28.4 Å². The predicted octanol–water partition coefficient (Wildman–Crippen LogP) is 4.86. The van der Waals surface area contributed by atoms with Gasteiger partial charge in [-0.05, 0) is 47.5 Å². The Morgan fingerprint density at radius 2 is 1.41 bits per heavy atom. The molecule has 22 heavy (non-hydrogen) atoms. The van der Waals surface area contributed by atoms with Crippen molar-refractivity contribution in [2.24, 2.45) is 0 Å². The van der Waals surface area contributed by atoms with Gasteiger partial charge in [-0.2, -0.15) is 0 Å². The monoisotopic (exact) mass is 292 g/mol. The van der Waals surface area contributed by atoms with Crippen molar-refractivity contribution in [3.63, 3.8) is 0 Å². The lowest BCUT2D eigenvalue weighted by Gasteiger charge is -2.08. The van der Waals surface area contributed by atoms with E-state index in [1.165, 1.54) is 0 Å². The predicted molar refractivity (Wildman–Crippen MR) is 86.6 cm³/mol. The third kappa shape index (κ3) is 3.20. The van der Waals surface area contributed by atoms with Crippen molar-refractivity contribution in [1.82, 2.24) is 0 Å². The zero-order valence-electron chi connectivity index (χ0n) is 12.2. The van der Waals surface area contributed by atoms with E-state index in [1.54, 1.807) is 19.2 Å². The number of hydrogen-bond donors (Lipinski definition) is 1. The number of methoxy groups -OCH3 is 1. The Bertz CT molecular complexity index is 764. The molecule has 0 amide bonds. The van der Waals surface area contributed by atoms with E-state index in [1.807, 2.05) is 60.7 Å². The first-order chi connectivity index (χ1) is 10.7. The fourth-order valence-electron chi connectivity index (χ4n) is 2.20. The van der Waals surface area contributed by atoms with Crippen molar-refractivity contribution in [2.45, 2.75) is 0 Å². The van der Waals surface area contributed by atoms with Crippen LogP contribution in [-0.2, 0) is 0 Å². The van der Waals surface area contributed by atoms with Crippen LogP contribution in [0.1, 0.15) is 0 Å². The van der Waals surface area contributed by atoms with E-state index in [9.17, 15) is 5.11 Å². The number of ether oxygens (including phenoxy) is 2. The van der Waals surface area contributed by atoms with Gasteiger partial charge in [0, 0.05) is 6.07 Å². The minimum Gasteiger partial charge on any atom is -0.508 e. The topological polar surface area (TPSA) is 38.7 Å². The summed E-state index contributed by atoms with van der Waals surface area (Å²) in [5.41, 5.74) is 1.99. The van der Waals surface area contributed by atoms with Crippen LogP contribution < -0.4 is 9.47 Å². The van der Waals surface area contributed by atoms with Crippen LogP contribution >= 0.6 is 0 Å². The van der Waals surface area contributed by atoms with Crippen LogP contribution in [0, 0.1) is 0 Å². The molecule has 3 heteroatoms. The fourth-order valence-corrected chi connectivity index (χ4v) is 2.20. The smallest absolute Gasteiger partial charge is 0.131 e. The molecule has 0 saturated carbocycles. The lowest BCUT2D eigenvalue weighted by molar-refractivity contribution is 0.409. The van der Waals surface area contributed by atoms with Gasteiger partial charge >= 0.3 is 0 Å². The minimum atomic E-state index is 0.259. The summed E-state index contributed by atoms with van der Waals surface area (Å²) < 4.78 is 11.0. The Balaban J connectivity index is 1.79. The number of aromatic hydroxyl groups is 1. The third-order valence-electron chi connectivity index (χ3n) is 3.31. The van der Waals surface area contributed by atoms with E-state index < -0.39 is 0 Å². The lowest BCUT2D eigenvalue weighted by Crippen LogP contribution is -1.87. The second kappa shape index (κ2) is 6.22. The van der Waals surface area contributed by atoms with Gasteiger partial charge < -0.3 is 14.6 Å². The van der Waals surface area contributed by atoms with Crippen LogP contribution in [0.15, 0.2) is 72.8 Å². The summed E-state index contributed by atoms with van der Waals surface area (Å²) in [5, 5.41) is 9.54. The van der Waals surface area contributed by atoms with Crippen LogP contribution in [0.5, 0.6) is 23.0 Å². The minimum absolute atomic E-state index is 0.259. The van der Waals surface area contributed by atoms with E-state index >= 15 is 0 Å². The van der Waals surface area contributed by atoms with E-state index in [4.69, 9.17) is 9.47 Å². The molecule has 0 spiro atoms. The Morgan fingerprint density at radius 3 is 2.14 bits per heavy atom. The molecule has 0 saturated heterocycles. The van der Waals surface area contributed by atoms with Gasteiger partial charge in [0.2, 0.25) is 0 Å². The second-order valence-corrected chi connectivity index (χ2v) is 4.86. The first kappa shape index (κ1) is 14.0. The molecule has 0 aliphatic rings. The molecule has 0 heterocycles. The van der Waals surface area contributed by atoms with Crippen molar-refractivity contribution in [1.29, 1.82) is 0 Å². The maximum absolute atomic E-state index is 9.54. The molecule has 0 bridgehead atoms. The number of phenolic OH excluding ortho intramolecular Hbond substituents is 1. The molecule has 0 aliphatic carbocycles. The van der Waals surface area contributed by atoms with Gasteiger partial charge in [0.1, 0.15) is 23.0 Å². The van der Waals surface area contributed by atoms with Crippen molar-refractivity contribution in [3.05, 3.63) is 72.8 Å². The Hall–Kier alpha value is -2.94. The summed E-state index contributed by atoms with van der Waals surface area (Å²) in [6, 6.07) is 22.4. The molecule has 1 N–H and O–H groups in total. The Morgan fingerprint density at radius 1 is 0.682 bits per heavy atom. The normalized spacial score (nSPS) is 10.2. The van der Waals surface area contributed by atoms with E-state index in [2.05, 4.69) is 0 Å². The summed E-state index contributed by atoms with van der Waals surface area (Å²) in [4.78, 5) is 0. The highest BCUT2D eigenvalue weighted by Crippen LogP contribution is 2.28. The fraction of sp³-hybridized carbons (Fsp3) is 0.0526.